The van der Waals surface area contributed by atoms with Gasteiger partial charge in [-0.15, -0.1) is 23.1 Å². The van der Waals surface area contributed by atoms with Gasteiger partial charge in [0.05, 0.1) is 27.5 Å². The van der Waals surface area contributed by atoms with Crippen molar-refractivity contribution in [1.82, 2.24) is 9.97 Å². The second-order valence-electron chi connectivity index (χ2n) is 5.79. The molecular weight excluding hydrogens is 430 g/mol. The zero-order valence-electron chi connectivity index (χ0n) is 15.2. The Labute approximate surface area is 178 Å². The number of carbonyl (C=O) groups excluding carboxylic acids is 1. The van der Waals surface area contributed by atoms with Gasteiger partial charge in [-0.1, -0.05) is 23.1 Å². The predicted octanol–water partition coefficient (Wildman–Crippen LogP) is 5.76. The summed E-state index contributed by atoms with van der Waals surface area (Å²) >= 11 is 6.47. The van der Waals surface area contributed by atoms with Crippen molar-refractivity contribution in [2.45, 2.75) is 15.7 Å². The molecule has 0 unspecified atom stereocenters. The Morgan fingerprint density at radius 2 is 1.79 bits per heavy atom. The Hall–Kier alpha value is -1.81. The van der Waals surface area contributed by atoms with Gasteiger partial charge in [0.25, 0.3) is 0 Å². The predicted molar refractivity (Wildman–Crippen MR) is 122 cm³/mol. The number of benzene rings is 2. The van der Waals surface area contributed by atoms with E-state index in [1.165, 1.54) is 11.3 Å². The van der Waals surface area contributed by atoms with Crippen LogP contribution < -0.4 is 10.1 Å². The Bertz CT molecular complexity index is 1120. The van der Waals surface area contributed by atoms with Crippen LogP contribution in [-0.4, -0.2) is 35.0 Å². The van der Waals surface area contributed by atoms with Crippen LogP contribution in [0.25, 0.3) is 20.4 Å². The standard InChI is InChI=1S/C19H17N3O2S4/c1-24-11-3-5-12(6-4-11)26-10-9-15(23)22-18-20-13-7-8-14-17(16(13)27-18)28-19(21-14)25-2/h3-8H,9-10H2,1-2H3,(H,20,22,23). The van der Waals surface area contributed by atoms with Gasteiger partial charge in [0.15, 0.2) is 9.47 Å². The average molecular weight is 448 g/mol. The summed E-state index contributed by atoms with van der Waals surface area (Å²) in [5.41, 5.74) is 1.89. The maximum absolute atomic E-state index is 12.3. The van der Waals surface area contributed by atoms with E-state index in [1.807, 2.05) is 42.7 Å². The molecule has 0 atom stereocenters. The summed E-state index contributed by atoms with van der Waals surface area (Å²) in [4.78, 5) is 22.6. The van der Waals surface area contributed by atoms with Crippen molar-refractivity contribution in [2.75, 3.05) is 24.4 Å². The van der Waals surface area contributed by atoms with E-state index in [0.717, 1.165) is 35.4 Å². The van der Waals surface area contributed by atoms with E-state index >= 15 is 0 Å². The Morgan fingerprint density at radius 1 is 1.07 bits per heavy atom. The van der Waals surface area contributed by atoms with Gasteiger partial charge < -0.3 is 10.1 Å². The molecule has 28 heavy (non-hydrogen) atoms. The number of thioether (sulfide) groups is 2. The normalized spacial score (nSPS) is 11.2. The highest BCUT2D eigenvalue weighted by atomic mass is 32.2. The molecule has 4 aromatic rings. The molecule has 0 aliphatic carbocycles. The van der Waals surface area contributed by atoms with Crippen molar-refractivity contribution < 1.29 is 9.53 Å². The summed E-state index contributed by atoms with van der Waals surface area (Å²) in [6, 6.07) is 11.8. The monoisotopic (exact) mass is 447 g/mol. The molecular formula is C19H17N3O2S4. The first-order valence-electron chi connectivity index (χ1n) is 8.47. The number of hydrogen-bond acceptors (Lipinski definition) is 8. The molecule has 2 heterocycles. The highest BCUT2D eigenvalue weighted by Gasteiger charge is 2.13. The Morgan fingerprint density at radius 3 is 2.50 bits per heavy atom. The lowest BCUT2D eigenvalue weighted by Crippen LogP contribution is -2.11. The van der Waals surface area contributed by atoms with Gasteiger partial charge in [0, 0.05) is 17.1 Å². The van der Waals surface area contributed by atoms with E-state index in [-0.39, 0.29) is 5.91 Å². The van der Waals surface area contributed by atoms with Crippen LogP contribution in [0.3, 0.4) is 0 Å². The number of fused-ring (bicyclic) bond motifs is 3. The van der Waals surface area contributed by atoms with Crippen molar-refractivity contribution in [3.05, 3.63) is 36.4 Å². The Balaban J connectivity index is 1.39. The van der Waals surface area contributed by atoms with E-state index in [9.17, 15) is 4.79 Å². The molecule has 5 nitrogen and oxygen atoms in total. The lowest BCUT2D eigenvalue weighted by Gasteiger charge is -2.03. The molecule has 2 aromatic carbocycles. The van der Waals surface area contributed by atoms with Crippen molar-refractivity contribution in [1.29, 1.82) is 0 Å². The number of nitrogens with zero attached hydrogens (tertiary/aromatic N) is 2. The number of thiazole rings is 2. The number of aromatic nitrogens is 2. The maximum atomic E-state index is 12.3. The molecule has 0 saturated carbocycles. The van der Waals surface area contributed by atoms with Crippen molar-refractivity contribution in [2.24, 2.45) is 0 Å². The summed E-state index contributed by atoms with van der Waals surface area (Å²) in [7, 11) is 1.65. The molecule has 1 amide bonds. The van der Waals surface area contributed by atoms with E-state index < -0.39 is 0 Å². The Kier molecular flexibility index (Phi) is 6.05. The molecule has 0 saturated heterocycles. The second-order valence-corrected chi connectivity index (χ2v) is 10.0. The van der Waals surface area contributed by atoms with Gasteiger partial charge in [0.1, 0.15) is 5.75 Å². The van der Waals surface area contributed by atoms with E-state index in [4.69, 9.17) is 4.74 Å². The van der Waals surface area contributed by atoms with E-state index in [2.05, 4.69) is 15.3 Å². The molecule has 2 aromatic heterocycles. The number of amides is 1. The lowest BCUT2D eigenvalue weighted by atomic mass is 10.3. The van der Waals surface area contributed by atoms with Crippen LogP contribution in [0.4, 0.5) is 5.13 Å². The summed E-state index contributed by atoms with van der Waals surface area (Å²) < 4.78 is 8.41. The summed E-state index contributed by atoms with van der Waals surface area (Å²) in [5, 5.41) is 3.58. The minimum Gasteiger partial charge on any atom is -0.497 e. The number of nitrogens with one attached hydrogen (secondary N) is 1. The van der Waals surface area contributed by atoms with Crippen molar-refractivity contribution in [3.8, 4) is 5.75 Å². The molecule has 0 spiro atoms. The first-order chi connectivity index (χ1) is 13.7. The highest BCUT2D eigenvalue weighted by Crippen LogP contribution is 2.38. The largest absolute Gasteiger partial charge is 0.497 e. The lowest BCUT2D eigenvalue weighted by molar-refractivity contribution is -0.115. The first kappa shape index (κ1) is 19.5. The van der Waals surface area contributed by atoms with Gasteiger partial charge in [-0.3, -0.25) is 4.79 Å². The quantitative estimate of drug-likeness (QED) is 0.364. The van der Waals surface area contributed by atoms with Gasteiger partial charge in [-0.05, 0) is 42.7 Å². The molecule has 4 rings (SSSR count). The topological polar surface area (TPSA) is 64.1 Å². The molecule has 0 radical (unpaired) electrons. The summed E-state index contributed by atoms with van der Waals surface area (Å²) in [6.45, 7) is 0. The van der Waals surface area contributed by atoms with Crippen LogP contribution in [-0.2, 0) is 4.79 Å². The van der Waals surface area contributed by atoms with Crippen molar-refractivity contribution in [3.63, 3.8) is 0 Å². The molecule has 9 heteroatoms. The van der Waals surface area contributed by atoms with Crippen LogP contribution >= 0.6 is 46.2 Å². The zero-order valence-corrected chi connectivity index (χ0v) is 18.5. The van der Waals surface area contributed by atoms with Crippen LogP contribution in [0.5, 0.6) is 5.75 Å². The number of anilines is 1. The van der Waals surface area contributed by atoms with Gasteiger partial charge >= 0.3 is 0 Å². The van der Waals surface area contributed by atoms with Gasteiger partial charge in [0.2, 0.25) is 5.91 Å². The molecule has 0 bridgehead atoms. The number of ether oxygens (including phenoxy) is 1. The summed E-state index contributed by atoms with van der Waals surface area (Å²) in [6.07, 6.45) is 2.45. The van der Waals surface area contributed by atoms with Crippen LogP contribution in [0.1, 0.15) is 6.42 Å². The van der Waals surface area contributed by atoms with Crippen LogP contribution in [0.2, 0.25) is 0 Å². The number of methoxy groups -OCH3 is 1. The maximum Gasteiger partial charge on any atom is 0.226 e. The first-order valence-corrected chi connectivity index (χ1v) is 12.3. The zero-order chi connectivity index (χ0) is 19.5. The minimum atomic E-state index is -0.0228. The SMILES string of the molecule is COc1ccc(SCCC(=O)Nc2nc3ccc4nc(SC)sc4c3s2)cc1. The third-order valence-electron chi connectivity index (χ3n) is 3.97. The molecule has 144 valence electrons. The number of carbonyl (C=O) groups is 1. The molecule has 0 aliphatic heterocycles. The van der Waals surface area contributed by atoms with Gasteiger partial charge in [-0.25, -0.2) is 9.97 Å². The minimum absolute atomic E-state index is 0.0228. The fourth-order valence-electron chi connectivity index (χ4n) is 2.61. The highest BCUT2D eigenvalue weighted by molar-refractivity contribution is 8.00. The molecule has 0 aliphatic rings. The third kappa shape index (κ3) is 4.27. The van der Waals surface area contributed by atoms with E-state index in [1.54, 1.807) is 42.0 Å². The summed E-state index contributed by atoms with van der Waals surface area (Å²) in [5.74, 6) is 1.52. The fraction of sp³-hybridized carbons (Fsp3) is 0.211. The van der Waals surface area contributed by atoms with Crippen LogP contribution in [0, 0.1) is 0 Å². The van der Waals surface area contributed by atoms with Crippen molar-refractivity contribution >= 4 is 77.7 Å². The second kappa shape index (κ2) is 8.69. The number of rotatable bonds is 7. The van der Waals surface area contributed by atoms with E-state index in [0.29, 0.717) is 17.3 Å². The van der Waals surface area contributed by atoms with Gasteiger partial charge in [-0.2, -0.15) is 0 Å². The third-order valence-corrected chi connectivity index (χ3v) is 8.19. The smallest absolute Gasteiger partial charge is 0.226 e. The molecule has 0 fully saturated rings. The fourth-order valence-corrected chi connectivity index (χ4v) is 6.14. The molecule has 1 N–H and O–H groups in total. The average Bonchev–Trinajstić information content (AvgIpc) is 3.31. The number of hydrogen-bond donors (Lipinski definition) is 1. The van der Waals surface area contributed by atoms with Crippen LogP contribution in [0.15, 0.2) is 45.6 Å².